The molecule has 0 amide bonds. The molecule has 2 rings (SSSR count). The average molecular weight is 433 g/mol. The summed E-state index contributed by atoms with van der Waals surface area (Å²) < 4.78 is 26.1. The normalized spacial score (nSPS) is 10.8. The van der Waals surface area contributed by atoms with Crippen molar-refractivity contribution < 1.29 is 19.0 Å². The second kappa shape index (κ2) is 9.97. The summed E-state index contributed by atoms with van der Waals surface area (Å²) in [7, 11) is 0. The molecular formula is C18H20BrClFNO3. The Morgan fingerprint density at radius 1 is 1.24 bits per heavy atom. The lowest BCUT2D eigenvalue weighted by atomic mass is 10.2. The number of nitrogens with one attached hydrogen (secondary N) is 1. The summed E-state index contributed by atoms with van der Waals surface area (Å²) in [6.45, 7) is 3.49. The molecule has 7 heteroatoms. The molecule has 0 aliphatic rings. The van der Waals surface area contributed by atoms with E-state index in [1.807, 2.05) is 13.0 Å². The van der Waals surface area contributed by atoms with Gasteiger partial charge in [0.2, 0.25) is 0 Å². The molecule has 0 aliphatic heterocycles. The zero-order valence-electron chi connectivity index (χ0n) is 13.8. The van der Waals surface area contributed by atoms with Gasteiger partial charge in [-0.2, -0.15) is 0 Å². The molecule has 2 aromatic carbocycles. The first-order valence-corrected chi connectivity index (χ1v) is 9.06. The summed E-state index contributed by atoms with van der Waals surface area (Å²) in [5, 5.41) is 12.3. The van der Waals surface area contributed by atoms with Gasteiger partial charge in [0, 0.05) is 23.1 Å². The number of rotatable bonds is 9. The van der Waals surface area contributed by atoms with Crippen LogP contribution >= 0.6 is 27.5 Å². The predicted molar refractivity (Wildman–Crippen MR) is 99.8 cm³/mol. The van der Waals surface area contributed by atoms with Gasteiger partial charge in [-0.05, 0) is 36.8 Å². The first-order valence-electron chi connectivity index (χ1n) is 7.89. The van der Waals surface area contributed by atoms with E-state index >= 15 is 0 Å². The van der Waals surface area contributed by atoms with Crippen LogP contribution in [0.5, 0.6) is 11.5 Å². The highest BCUT2D eigenvalue weighted by Crippen LogP contribution is 2.35. The van der Waals surface area contributed by atoms with E-state index in [4.69, 9.17) is 26.2 Å². The van der Waals surface area contributed by atoms with Crippen molar-refractivity contribution in [3.05, 3.63) is 56.8 Å². The quantitative estimate of drug-likeness (QED) is 0.580. The minimum atomic E-state index is -0.408. The lowest BCUT2D eigenvalue weighted by Crippen LogP contribution is -2.17. The molecule has 136 valence electrons. The molecule has 0 fully saturated rings. The number of hydrogen-bond acceptors (Lipinski definition) is 4. The van der Waals surface area contributed by atoms with Crippen LogP contribution in [0, 0.1) is 5.82 Å². The zero-order valence-corrected chi connectivity index (χ0v) is 16.2. The number of halogens is 3. The molecule has 0 spiro atoms. The molecule has 0 atom stereocenters. The molecule has 0 aliphatic carbocycles. The second-order valence-electron chi connectivity index (χ2n) is 5.21. The van der Waals surface area contributed by atoms with Gasteiger partial charge < -0.3 is 19.9 Å². The van der Waals surface area contributed by atoms with Crippen LogP contribution in [-0.4, -0.2) is 24.9 Å². The fraction of sp³-hybridized carbons (Fsp3) is 0.333. The van der Waals surface area contributed by atoms with E-state index in [0.29, 0.717) is 41.8 Å². The number of hydrogen-bond donors (Lipinski definition) is 2. The molecule has 2 aromatic rings. The van der Waals surface area contributed by atoms with Gasteiger partial charge in [0.1, 0.15) is 12.4 Å². The van der Waals surface area contributed by atoms with Crippen LogP contribution in [0.1, 0.15) is 18.1 Å². The van der Waals surface area contributed by atoms with Gasteiger partial charge in [0.05, 0.1) is 18.2 Å². The minimum absolute atomic E-state index is 0.000129. The van der Waals surface area contributed by atoms with Gasteiger partial charge in [-0.3, -0.25) is 0 Å². The Hall–Kier alpha value is -1.34. The third-order valence-electron chi connectivity index (χ3n) is 3.45. The molecule has 0 bridgehead atoms. The van der Waals surface area contributed by atoms with Gasteiger partial charge in [-0.25, -0.2) is 4.39 Å². The summed E-state index contributed by atoms with van der Waals surface area (Å²) >= 11 is 9.54. The third kappa shape index (κ3) is 5.57. The minimum Gasteiger partial charge on any atom is -0.490 e. The summed E-state index contributed by atoms with van der Waals surface area (Å²) in [4.78, 5) is 0. The molecule has 0 heterocycles. The molecule has 2 N–H and O–H groups in total. The number of benzene rings is 2. The third-order valence-corrected chi connectivity index (χ3v) is 4.54. The summed E-state index contributed by atoms with van der Waals surface area (Å²) in [5.41, 5.74) is 1.27. The summed E-state index contributed by atoms with van der Waals surface area (Å²) in [6, 6.07) is 8.17. The Labute approximate surface area is 160 Å². The molecule has 0 unspecified atom stereocenters. The van der Waals surface area contributed by atoms with Crippen LogP contribution in [0.25, 0.3) is 0 Å². The first-order chi connectivity index (χ1) is 12.1. The predicted octanol–water partition coefficient (Wildman–Crippen LogP) is 4.30. The fourth-order valence-electron chi connectivity index (χ4n) is 2.22. The van der Waals surface area contributed by atoms with Gasteiger partial charge >= 0.3 is 0 Å². The van der Waals surface area contributed by atoms with Crippen LogP contribution in [0.3, 0.4) is 0 Å². The van der Waals surface area contributed by atoms with Crippen molar-refractivity contribution in [1.82, 2.24) is 5.32 Å². The molecule has 4 nitrogen and oxygen atoms in total. The van der Waals surface area contributed by atoms with Crippen LogP contribution in [0.15, 0.2) is 34.8 Å². The van der Waals surface area contributed by atoms with Gasteiger partial charge in [0.25, 0.3) is 0 Å². The van der Waals surface area contributed by atoms with E-state index < -0.39 is 5.82 Å². The van der Waals surface area contributed by atoms with Crippen molar-refractivity contribution in [3.63, 3.8) is 0 Å². The highest BCUT2D eigenvalue weighted by Gasteiger charge is 2.13. The maximum atomic E-state index is 13.9. The number of ether oxygens (including phenoxy) is 2. The summed E-state index contributed by atoms with van der Waals surface area (Å²) in [6.07, 6.45) is 0. The Morgan fingerprint density at radius 2 is 2.00 bits per heavy atom. The molecule has 0 radical (unpaired) electrons. The Kier molecular flexibility index (Phi) is 7.96. The SMILES string of the molecule is CCOc1cc(CNCCO)c(Br)cc1OCc1c(F)cccc1Cl. The van der Waals surface area contributed by atoms with E-state index in [0.717, 1.165) is 10.0 Å². The largest absolute Gasteiger partial charge is 0.490 e. The molecular weight excluding hydrogens is 413 g/mol. The van der Waals surface area contributed by atoms with Crippen molar-refractivity contribution in [2.75, 3.05) is 19.8 Å². The highest BCUT2D eigenvalue weighted by atomic mass is 79.9. The maximum Gasteiger partial charge on any atom is 0.162 e. The Morgan fingerprint density at radius 3 is 2.68 bits per heavy atom. The molecule has 0 saturated heterocycles. The van der Waals surface area contributed by atoms with Crippen LogP contribution in [0.4, 0.5) is 4.39 Å². The van der Waals surface area contributed by atoms with Gasteiger partial charge in [-0.15, -0.1) is 0 Å². The smallest absolute Gasteiger partial charge is 0.162 e. The van der Waals surface area contributed by atoms with E-state index in [1.54, 1.807) is 18.2 Å². The van der Waals surface area contributed by atoms with Crippen molar-refractivity contribution in [2.45, 2.75) is 20.1 Å². The summed E-state index contributed by atoms with van der Waals surface area (Å²) in [5.74, 6) is 0.660. The first kappa shape index (κ1) is 20.0. The number of aliphatic hydroxyl groups excluding tert-OH is 1. The van der Waals surface area contributed by atoms with E-state index in [2.05, 4.69) is 21.2 Å². The fourth-order valence-corrected chi connectivity index (χ4v) is 2.90. The van der Waals surface area contributed by atoms with Gasteiger partial charge in [-0.1, -0.05) is 33.6 Å². The maximum absolute atomic E-state index is 13.9. The second-order valence-corrected chi connectivity index (χ2v) is 6.47. The lowest BCUT2D eigenvalue weighted by molar-refractivity contribution is 0.265. The highest BCUT2D eigenvalue weighted by molar-refractivity contribution is 9.10. The standard InChI is InChI=1S/C18H20BrClFNO3/c1-2-24-17-8-12(10-22-6-7-23)14(19)9-18(17)25-11-13-15(20)4-3-5-16(13)21/h3-5,8-9,22-23H,2,6-7,10-11H2,1H3. The molecule has 0 saturated carbocycles. The Balaban J connectivity index is 2.19. The van der Waals surface area contributed by atoms with E-state index in [-0.39, 0.29) is 13.2 Å². The van der Waals surface area contributed by atoms with Crippen molar-refractivity contribution in [2.24, 2.45) is 0 Å². The topological polar surface area (TPSA) is 50.7 Å². The monoisotopic (exact) mass is 431 g/mol. The van der Waals surface area contributed by atoms with Crippen molar-refractivity contribution >= 4 is 27.5 Å². The van der Waals surface area contributed by atoms with Crippen LogP contribution < -0.4 is 14.8 Å². The molecule has 0 aromatic heterocycles. The van der Waals surface area contributed by atoms with Crippen LogP contribution in [0.2, 0.25) is 5.02 Å². The molecule has 25 heavy (non-hydrogen) atoms. The van der Waals surface area contributed by atoms with E-state index in [9.17, 15) is 4.39 Å². The van der Waals surface area contributed by atoms with Gasteiger partial charge in [0.15, 0.2) is 11.5 Å². The average Bonchev–Trinajstić information content (AvgIpc) is 2.58. The van der Waals surface area contributed by atoms with Crippen LogP contribution in [-0.2, 0) is 13.2 Å². The zero-order chi connectivity index (χ0) is 18.2. The van der Waals surface area contributed by atoms with Crippen molar-refractivity contribution in [3.8, 4) is 11.5 Å². The van der Waals surface area contributed by atoms with E-state index in [1.165, 1.54) is 6.07 Å². The van der Waals surface area contributed by atoms with Crippen molar-refractivity contribution in [1.29, 1.82) is 0 Å². The number of aliphatic hydroxyl groups is 1. The lowest BCUT2D eigenvalue weighted by Gasteiger charge is -2.16. The Bertz CT molecular complexity index is 695.